The van der Waals surface area contributed by atoms with Crippen molar-refractivity contribution in [3.05, 3.63) is 0 Å². The van der Waals surface area contributed by atoms with Crippen molar-refractivity contribution in [1.82, 2.24) is 10.2 Å². The van der Waals surface area contributed by atoms with Crippen LogP contribution in [-0.2, 0) is 14.3 Å². The van der Waals surface area contributed by atoms with Gasteiger partial charge >= 0.3 is 6.36 Å². The van der Waals surface area contributed by atoms with Gasteiger partial charge < -0.3 is 10.2 Å². The van der Waals surface area contributed by atoms with E-state index in [1.807, 2.05) is 6.92 Å². The molecule has 1 fully saturated rings. The first-order chi connectivity index (χ1) is 9.71. The van der Waals surface area contributed by atoms with Crippen molar-refractivity contribution in [3.8, 4) is 0 Å². The number of hydrogen-bond donors (Lipinski definition) is 1. The Balaban J connectivity index is 2.83. The number of halogens is 3. The number of piperazine rings is 1. The van der Waals surface area contributed by atoms with Crippen molar-refractivity contribution in [2.75, 3.05) is 13.2 Å². The standard InChI is InChI=1S/C13H21F3N2O3/c1-4-8(3)10-11(19)17-9(5-2)12(20)18(10)6-7-21-13(14,15)16/h8-10H,4-7H2,1-3H3,(H,17,19). The van der Waals surface area contributed by atoms with E-state index in [9.17, 15) is 22.8 Å². The van der Waals surface area contributed by atoms with Crippen LogP contribution in [0.3, 0.4) is 0 Å². The highest BCUT2D eigenvalue weighted by atomic mass is 19.4. The lowest BCUT2D eigenvalue weighted by Gasteiger charge is -2.41. The van der Waals surface area contributed by atoms with Gasteiger partial charge in [0.15, 0.2) is 0 Å². The zero-order valence-electron chi connectivity index (χ0n) is 12.4. The lowest BCUT2D eigenvalue weighted by Crippen LogP contribution is -2.65. The molecule has 2 amide bonds. The molecule has 21 heavy (non-hydrogen) atoms. The highest BCUT2D eigenvalue weighted by Crippen LogP contribution is 2.22. The molecule has 0 aromatic carbocycles. The van der Waals surface area contributed by atoms with Gasteiger partial charge in [-0.05, 0) is 12.3 Å². The van der Waals surface area contributed by atoms with E-state index < -0.39 is 25.1 Å². The van der Waals surface area contributed by atoms with E-state index in [2.05, 4.69) is 10.1 Å². The minimum atomic E-state index is -4.74. The fourth-order valence-electron chi connectivity index (χ4n) is 2.37. The highest BCUT2D eigenvalue weighted by molar-refractivity contribution is 5.97. The first-order valence-electron chi connectivity index (χ1n) is 7.02. The number of rotatable bonds is 6. The quantitative estimate of drug-likeness (QED) is 0.812. The summed E-state index contributed by atoms with van der Waals surface area (Å²) in [5.74, 6) is -0.811. The Bertz CT molecular complexity index is 387. The number of alkyl halides is 3. The second-order valence-corrected chi connectivity index (χ2v) is 5.13. The third kappa shape index (κ3) is 4.59. The number of hydrogen-bond acceptors (Lipinski definition) is 3. The summed E-state index contributed by atoms with van der Waals surface area (Å²) >= 11 is 0. The molecular weight excluding hydrogens is 289 g/mol. The molecule has 5 nitrogen and oxygen atoms in total. The third-order valence-electron chi connectivity index (χ3n) is 3.69. The summed E-state index contributed by atoms with van der Waals surface area (Å²) in [5.41, 5.74) is 0. The highest BCUT2D eigenvalue weighted by Gasteiger charge is 2.42. The summed E-state index contributed by atoms with van der Waals surface area (Å²) in [6.45, 7) is 4.46. The van der Waals surface area contributed by atoms with E-state index in [1.165, 1.54) is 4.90 Å². The van der Waals surface area contributed by atoms with Crippen molar-refractivity contribution < 1.29 is 27.5 Å². The molecule has 1 N–H and O–H groups in total. The van der Waals surface area contributed by atoms with E-state index in [1.54, 1.807) is 13.8 Å². The molecular formula is C13H21F3N2O3. The molecule has 0 bridgehead atoms. The topological polar surface area (TPSA) is 58.6 Å². The predicted molar refractivity (Wildman–Crippen MR) is 69.2 cm³/mol. The molecule has 1 aliphatic rings. The van der Waals surface area contributed by atoms with Gasteiger partial charge in [-0.3, -0.25) is 14.3 Å². The molecule has 3 unspecified atom stereocenters. The number of carbonyl (C=O) groups is 2. The number of carbonyl (C=O) groups excluding carboxylic acids is 2. The maximum Gasteiger partial charge on any atom is 0.522 e. The Morgan fingerprint density at radius 3 is 2.43 bits per heavy atom. The van der Waals surface area contributed by atoms with Gasteiger partial charge in [-0.2, -0.15) is 0 Å². The molecule has 1 saturated heterocycles. The third-order valence-corrected chi connectivity index (χ3v) is 3.69. The molecule has 3 atom stereocenters. The molecule has 0 aliphatic carbocycles. The molecule has 1 heterocycles. The zero-order valence-corrected chi connectivity index (χ0v) is 12.4. The molecule has 122 valence electrons. The second kappa shape index (κ2) is 7.11. The van der Waals surface area contributed by atoms with Crippen LogP contribution in [-0.4, -0.2) is 48.3 Å². The van der Waals surface area contributed by atoms with Crippen LogP contribution in [0.1, 0.15) is 33.6 Å². The largest absolute Gasteiger partial charge is 0.522 e. The number of nitrogens with zero attached hydrogens (tertiary/aromatic N) is 1. The van der Waals surface area contributed by atoms with Gasteiger partial charge in [0.1, 0.15) is 12.1 Å². The normalized spacial score (nSPS) is 25.0. The Hall–Kier alpha value is -1.31. The van der Waals surface area contributed by atoms with Gasteiger partial charge in [-0.25, -0.2) is 0 Å². The molecule has 0 aromatic heterocycles. The number of ether oxygens (including phenoxy) is 1. The van der Waals surface area contributed by atoms with Crippen LogP contribution in [0.15, 0.2) is 0 Å². The Morgan fingerprint density at radius 2 is 1.95 bits per heavy atom. The van der Waals surface area contributed by atoms with Crippen molar-refractivity contribution in [1.29, 1.82) is 0 Å². The van der Waals surface area contributed by atoms with Gasteiger partial charge in [0.25, 0.3) is 0 Å². The molecule has 0 spiro atoms. The second-order valence-electron chi connectivity index (χ2n) is 5.13. The van der Waals surface area contributed by atoms with Crippen molar-refractivity contribution in [2.45, 2.75) is 52.1 Å². The van der Waals surface area contributed by atoms with Crippen LogP contribution in [0.5, 0.6) is 0 Å². The number of nitrogens with one attached hydrogen (secondary N) is 1. The maximum absolute atomic E-state index is 12.3. The molecule has 0 saturated carbocycles. The summed E-state index contributed by atoms with van der Waals surface area (Å²) in [6, 6.07) is -1.43. The SMILES string of the molecule is CCC1NC(=O)C(C(C)CC)N(CCOC(F)(F)F)C1=O. The van der Waals surface area contributed by atoms with E-state index in [-0.39, 0.29) is 24.3 Å². The lowest BCUT2D eigenvalue weighted by atomic mass is 9.93. The predicted octanol–water partition coefficient (Wildman–Crippen LogP) is 1.67. The van der Waals surface area contributed by atoms with Crippen LogP contribution in [0.2, 0.25) is 0 Å². The monoisotopic (exact) mass is 310 g/mol. The van der Waals surface area contributed by atoms with Gasteiger partial charge in [0.05, 0.1) is 6.61 Å². The van der Waals surface area contributed by atoms with Crippen LogP contribution >= 0.6 is 0 Å². The van der Waals surface area contributed by atoms with Crippen molar-refractivity contribution in [3.63, 3.8) is 0 Å². The Kier molecular flexibility index (Phi) is 6.00. The van der Waals surface area contributed by atoms with Gasteiger partial charge in [0.2, 0.25) is 11.8 Å². The maximum atomic E-state index is 12.3. The Morgan fingerprint density at radius 1 is 1.33 bits per heavy atom. The summed E-state index contributed by atoms with van der Waals surface area (Å²) < 4.78 is 39.9. The minimum absolute atomic E-state index is 0.141. The van der Waals surface area contributed by atoms with Gasteiger partial charge in [-0.15, -0.1) is 13.2 Å². The molecule has 0 radical (unpaired) electrons. The van der Waals surface area contributed by atoms with Crippen molar-refractivity contribution >= 4 is 11.8 Å². The lowest BCUT2D eigenvalue weighted by molar-refractivity contribution is -0.325. The average molecular weight is 310 g/mol. The summed E-state index contributed by atoms with van der Waals surface area (Å²) in [6.07, 6.45) is -3.70. The van der Waals surface area contributed by atoms with Crippen LogP contribution in [0.4, 0.5) is 13.2 Å². The van der Waals surface area contributed by atoms with Gasteiger partial charge in [-0.1, -0.05) is 27.2 Å². The van der Waals surface area contributed by atoms with Gasteiger partial charge in [0, 0.05) is 6.54 Å². The van der Waals surface area contributed by atoms with E-state index >= 15 is 0 Å². The van der Waals surface area contributed by atoms with Crippen LogP contribution in [0, 0.1) is 5.92 Å². The van der Waals surface area contributed by atoms with E-state index in [0.29, 0.717) is 12.8 Å². The molecule has 1 aliphatic heterocycles. The zero-order chi connectivity index (χ0) is 16.2. The van der Waals surface area contributed by atoms with E-state index in [4.69, 9.17) is 0 Å². The summed E-state index contributed by atoms with van der Waals surface area (Å²) in [7, 11) is 0. The number of amides is 2. The van der Waals surface area contributed by atoms with Crippen LogP contribution in [0.25, 0.3) is 0 Å². The fourth-order valence-corrected chi connectivity index (χ4v) is 2.37. The van der Waals surface area contributed by atoms with Crippen molar-refractivity contribution in [2.24, 2.45) is 5.92 Å². The summed E-state index contributed by atoms with van der Waals surface area (Å²) in [5, 5.41) is 2.62. The van der Waals surface area contributed by atoms with E-state index in [0.717, 1.165) is 0 Å². The van der Waals surface area contributed by atoms with Crippen LogP contribution < -0.4 is 5.32 Å². The minimum Gasteiger partial charge on any atom is -0.343 e. The average Bonchev–Trinajstić information content (AvgIpc) is 2.40. The molecule has 1 rings (SSSR count). The molecule has 8 heteroatoms. The summed E-state index contributed by atoms with van der Waals surface area (Å²) in [4.78, 5) is 25.6. The fraction of sp³-hybridized carbons (Fsp3) is 0.846. The molecule has 0 aromatic rings. The smallest absolute Gasteiger partial charge is 0.343 e. The first-order valence-corrected chi connectivity index (χ1v) is 7.02. The first kappa shape index (κ1) is 17.7. The Labute approximate surface area is 121 Å².